The number of thiophene rings is 1. The first-order valence-electron chi connectivity index (χ1n) is 7.38. The highest BCUT2D eigenvalue weighted by Gasteiger charge is 2.43. The Morgan fingerprint density at radius 1 is 1.45 bits per heavy atom. The Hall–Kier alpha value is -0.460. The molecule has 3 atom stereocenters. The summed E-state index contributed by atoms with van der Waals surface area (Å²) in [4.78, 5) is 2.73. The number of hydrogen-bond acceptors (Lipinski definition) is 5. The topological polar surface area (TPSA) is 56.5 Å². The smallest absolute Gasteiger partial charge is 0.0940 e. The minimum atomic E-state index is -0.0562. The molecule has 3 heterocycles. The fraction of sp³-hybridized carbons (Fsp3) is 0.733. The van der Waals surface area contributed by atoms with Crippen molar-refractivity contribution in [1.82, 2.24) is 5.43 Å². The van der Waals surface area contributed by atoms with Crippen LogP contribution in [0.1, 0.15) is 40.6 Å². The highest BCUT2D eigenvalue weighted by molar-refractivity contribution is 7.12. The molecular weight excluding hydrogens is 272 g/mol. The molecule has 3 rings (SSSR count). The van der Waals surface area contributed by atoms with Crippen molar-refractivity contribution in [3.05, 3.63) is 21.4 Å². The van der Waals surface area contributed by atoms with Crippen molar-refractivity contribution in [3.8, 4) is 0 Å². The quantitative estimate of drug-likeness (QED) is 0.664. The van der Waals surface area contributed by atoms with E-state index in [0.717, 1.165) is 39.1 Å². The molecule has 2 aliphatic rings. The zero-order valence-corrected chi connectivity index (χ0v) is 13.1. The van der Waals surface area contributed by atoms with Crippen LogP contribution in [0.3, 0.4) is 0 Å². The number of aryl methyl sites for hydroxylation is 2. The summed E-state index contributed by atoms with van der Waals surface area (Å²) in [6.45, 7) is 6.72. The Bertz CT molecular complexity index is 449. The summed E-state index contributed by atoms with van der Waals surface area (Å²) in [6.07, 6.45) is 3.12. The third-order valence-corrected chi connectivity index (χ3v) is 5.98. The molecule has 3 N–H and O–H groups in total. The second-order valence-corrected chi connectivity index (χ2v) is 7.41. The van der Waals surface area contributed by atoms with Gasteiger partial charge in [0.25, 0.3) is 0 Å². The molecule has 1 aromatic heterocycles. The second-order valence-electron chi connectivity index (χ2n) is 6.12. The summed E-state index contributed by atoms with van der Waals surface area (Å²) in [5.74, 6) is 6.39. The van der Waals surface area contributed by atoms with Gasteiger partial charge in [0.05, 0.1) is 18.2 Å². The van der Waals surface area contributed by atoms with Gasteiger partial charge in [-0.25, -0.2) is 0 Å². The van der Waals surface area contributed by atoms with Crippen LogP contribution in [0.2, 0.25) is 0 Å². The summed E-state index contributed by atoms with van der Waals surface area (Å²) in [6, 6.07) is 2.51. The maximum atomic E-state index is 6.03. The first-order chi connectivity index (χ1) is 9.63. The normalized spacial score (nSPS) is 31.9. The van der Waals surface area contributed by atoms with Gasteiger partial charge in [-0.3, -0.25) is 11.3 Å². The van der Waals surface area contributed by atoms with Gasteiger partial charge in [-0.15, -0.1) is 11.3 Å². The van der Waals surface area contributed by atoms with Crippen LogP contribution < -0.4 is 11.3 Å². The highest BCUT2D eigenvalue weighted by atomic mass is 32.1. The lowest BCUT2D eigenvalue weighted by Crippen LogP contribution is -2.45. The van der Waals surface area contributed by atoms with Crippen LogP contribution in [-0.2, 0) is 9.47 Å². The summed E-state index contributed by atoms with van der Waals surface area (Å²) in [5.41, 5.74) is 4.35. The predicted molar refractivity (Wildman–Crippen MR) is 80.7 cm³/mol. The Balaban J connectivity index is 1.78. The van der Waals surface area contributed by atoms with Crippen molar-refractivity contribution < 1.29 is 9.47 Å². The molecule has 0 radical (unpaired) electrons. The lowest BCUT2D eigenvalue weighted by molar-refractivity contribution is -0.103. The van der Waals surface area contributed by atoms with E-state index >= 15 is 0 Å². The van der Waals surface area contributed by atoms with Crippen LogP contribution in [-0.4, -0.2) is 25.4 Å². The lowest BCUT2D eigenvalue weighted by Gasteiger charge is -2.40. The molecule has 0 amide bonds. The van der Waals surface area contributed by atoms with E-state index in [4.69, 9.17) is 15.3 Å². The van der Waals surface area contributed by atoms with Crippen molar-refractivity contribution in [2.75, 3.05) is 19.8 Å². The Labute approximate surface area is 124 Å². The maximum Gasteiger partial charge on any atom is 0.0940 e. The SMILES string of the molecule is Cc1cc(C(NN)C2CCOC3(CCOC3)C2)sc1C. The first kappa shape index (κ1) is 14.5. The summed E-state index contributed by atoms with van der Waals surface area (Å²) >= 11 is 1.86. The van der Waals surface area contributed by atoms with Crippen LogP contribution in [0.25, 0.3) is 0 Å². The van der Waals surface area contributed by atoms with Gasteiger partial charge in [-0.2, -0.15) is 0 Å². The van der Waals surface area contributed by atoms with Crippen LogP contribution in [0.4, 0.5) is 0 Å². The van der Waals surface area contributed by atoms with Crippen molar-refractivity contribution >= 4 is 11.3 Å². The molecule has 0 saturated carbocycles. The van der Waals surface area contributed by atoms with Crippen molar-refractivity contribution in [1.29, 1.82) is 0 Å². The molecule has 5 heteroatoms. The molecule has 0 aromatic carbocycles. The van der Waals surface area contributed by atoms with E-state index in [1.165, 1.54) is 15.3 Å². The largest absolute Gasteiger partial charge is 0.378 e. The molecular formula is C15H24N2O2S. The molecule has 4 nitrogen and oxygen atoms in total. The van der Waals surface area contributed by atoms with E-state index in [2.05, 4.69) is 25.3 Å². The first-order valence-corrected chi connectivity index (χ1v) is 8.20. The third kappa shape index (κ3) is 2.65. The highest BCUT2D eigenvalue weighted by Crippen LogP contribution is 2.42. The number of nitrogens with one attached hydrogen (secondary N) is 1. The number of hydrogen-bond donors (Lipinski definition) is 2. The molecule has 1 aromatic rings. The van der Waals surface area contributed by atoms with E-state index in [0.29, 0.717) is 5.92 Å². The van der Waals surface area contributed by atoms with Gasteiger partial charge >= 0.3 is 0 Å². The van der Waals surface area contributed by atoms with E-state index in [-0.39, 0.29) is 11.6 Å². The standard InChI is InChI=1S/C15H24N2O2S/c1-10-7-13(20-11(10)2)14(17-16)12-3-5-19-15(8-12)4-6-18-9-15/h7,12,14,17H,3-6,8-9,16H2,1-2H3. The Morgan fingerprint density at radius 3 is 2.90 bits per heavy atom. The number of nitrogens with two attached hydrogens (primary N) is 1. The number of ether oxygens (including phenoxy) is 2. The minimum absolute atomic E-state index is 0.0562. The minimum Gasteiger partial charge on any atom is -0.378 e. The zero-order chi connectivity index (χ0) is 14.2. The molecule has 2 aliphatic heterocycles. The second kappa shape index (κ2) is 5.73. The molecule has 2 fully saturated rings. The van der Waals surface area contributed by atoms with Crippen LogP contribution in [0.15, 0.2) is 6.07 Å². The van der Waals surface area contributed by atoms with E-state index in [1.54, 1.807) is 0 Å². The monoisotopic (exact) mass is 296 g/mol. The summed E-state index contributed by atoms with van der Waals surface area (Å²) in [7, 11) is 0. The van der Waals surface area contributed by atoms with Gasteiger partial charge in [0.2, 0.25) is 0 Å². The van der Waals surface area contributed by atoms with Crippen molar-refractivity contribution in [3.63, 3.8) is 0 Å². The average molecular weight is 296 g/mol. The van der Waals surface area contributed by atoms with E-state index < -0.39 is 0 Å². The summed E-state index contributed by atoms with van der Waals surface area (Å²) < 4.78 is 11.6. The van der Waals surface area contributed by atoms with Gasteiger partial charge in [0.1, 0.15) is 0 Å². The van der Waals surface area contributed by atoms with Gasteiger partial charge in [-0.1, -0.05) is 0 Å². The lowest BCUT2D eigenvalue weighted by atomic mass is 9.81. The third-order valence-electron chi connectivity index (χ3n) is 4.74. The Kier molecular flexibility index (Phi) is 4.15. The molecule has 3 unspecified atom stereocenters. The van der Waals surface area contributed by atoms with E-state index in [1.807, 2.05) is 11.3 Å². The van der Waals surface area contributed by atoms with E-state index in [9.17, 15) is 0 Å². The molecule has 1 spiro atoms. The molecule has 0 aliphatic carbocycles. The molecule has 112 valence electrons. The van der Waals surface area contributed by atoms with Crippen LogP contribution in [0.5, 0.6) is 0 Å². The number of hydrazine groups is 1. The van der Waals surface area contributed by atoms with Crippen molar-refractivity contribution in [2.45, 2.75) is 44.8 Å². The van der Waals surface area contributed by atoms with Crippen LogP contribution in [0, 0.1) is 19.8 Å². The van der Waals surface area contributed by atoms with Gasteiger partial charge < -0.3 is 9.47 Å². The molecule has 20 heavy (non-hydrogen) atoms. The fourth-order valence-electron chi connectivity index (χ4n) is 3.42. The molecule has 2 saturated heterocycles. The fourth-order valence-corrected chi connectivity index (χ4v) is 4.62. The van der Waals surface area contributed by atoms with Crippen molar-refractivity contribution in [2.24, 2.45) is 11.8 Å². The maximum absolute atomic E-state index is 6.03. The van der Waals surface area contributed by atoms with Gasteiger partial charge in [-0.05, 0) is 44.2 Å². The van der Waals surface area contributed by atoms with Gasteiger partial charge in [0, 0.05) is 29.4 Å². The number of rotatable bonds is 3. The average Bonchev–Trinajstić information content (AvgIpc) is 2.99. The Morgan fingerprint density at radius 2 is 2.30 bits per heavy atom. The predicted octanol–water partition coefficient (Wildman–Crippen LogP) is 2.46. The van der Waals surface area contributed by atoms with Crippen LogP contribution >= 0.6 is 11.3 Å². The van der Waals surface area contributed by atoms with Gasteiger partial charge in [0.15, 0.2) is 0 Å². The molecule has 0 bridgehead atoms. The summed E-state index contributed by atoms with van der Waals surface area (Å²) in [5, 5.41) is 0. The zero-order valence-electron chi connectivity index (χ0n) is 12.3.